The van der Waals surface area contributed by atoms with Gasteiger partial charge in [-0.1, -0.05) is 50.6 Å². The molecule has 0 fully saturated rings. The van der Waals surface area contributed by atoms with Crippen LogP contribution in [0.25, 0.3) is 21.8 Å². The Balaban J connectivity index is 1.76. The van der Waals surface area contributed by atoms with Gasteiger partial charge in [-0.05, 0) is 31.0 Å². The van der Waals surface area contributed by atoms with Crippen molar-refractivity contribution in [2.45, 2.75) is 39.8 Å². The summed E-state index contributed by atoms with van der Waals surface area (Å²) in [6.07, 6.45) is 0.866. The summed E-state index contributed by atoms with van der Waals surface area (Å²) in [5.41, 5.74) is 1.84. The van der Waals surface area contributed by atoms with Crippen molar-refractivity contribution in [3.63, 3.8) is 0 Å². The van der Waals surface area contributed by atoms with Crippen molar-refractivity contribution in [3.8, 4) is 0 Å². The van der Waals surface area contributed by atoms with Crippen LogP contribution in [0, 0.1) is 5.92 Å². The van der Waals surface area contributed by atoms with Gasteiger partial charge in [0.2, 0.25) is 0 Å². The van der Waals surface area contributed by atoms with Crippen LogP contribution >= 0.6 is 0 Å². The smallest absolute Gasteiger partial charge is 0.274 e. The molecule has 2 heterocycles. The molecule has 2 atom stereocenters. The van der Waals surface area contributed by atoms with Gasteiger partial charge in [0.05, 0.1) is 22.5 Å². The fourth-order valence-corrected chi connectivity index (χ4v) is 3.66. The summed E-state index contributed by atoms with van der Waals surface area (Å²) in [5, 5.41) is 8.51. The van der Waals surface area contributed by atoms with E-state index < -0.39 is 0 Å². The Morgan fingerprint density at radius 1 is 1.10 bits per heavy atom. The summed E-state index contributed by atoms with van der Waals surface area (Å²) in [5.74, 6) is 0.545. The number of nitrogens with one attached hydrogen (secondary N) is 2. The fraction of sp³-hybridized carbons (Fsp3) is 0.304. The number of para-hydroxylation sites is 2. The number of hydrogen-bond donors (Lipinski definition) is 2. The highest BCUT2D eigenvalue weighted by atomic mass is 16.2. The predicted octanol–water partition coefficient (Wildman–Crippen LogP) is 3.81. The zero-order chi connectivity index (χ0) is 21.3. The molecule has 0 saturated heterocycles. The number of carbonyl (C=O) groups excluding carboxylic acids is 1. The van der Waals surface area contributed by atoms with Gasteiger partial charge in [0, 0.05) is 11.9 Å². The van der Waals surface area contributed by atoms with Crippen LogP contribution in [-0.2, 0) is 6.54 Å². The van der Waals surface area contributed by atoms with Gasteiger partial charge >= 0.3 is 0 Å². The van der Waals surface area contributed by atoms with Gasteiger partial charge < -0.3 is 10.3 Å². The van der Waals surface area contributed by atoms with Gasteiger partial charge in [-0.3, -0.25) is 9.59 Å². The minimum Gasteiger partial charge on any atom is -0.340 e. The first kappa shape index (κ1) is 19.8. The Morgan fingerprint density at radius 3 is 2.50 bits per heavy atom. The lowest BCUT2D eigenvalue weighted by molar-refractivity contribution is 0.0915. The van der Waals surface area contributed by atoms with E-state index in [1.54, 1.807) is 18.2 Å². The quantitative estimate of drug-likeness (QED) is 0.512. The maximum Gasteiger partial charge on any atom is 0.274 e. The van der Waals surface area contributed by atoms with Crippen molar-refractivity contribution < 1.29 is 4.79 Å². The zero-order valence-electron chi connectivity index (χ0n) is 17.3. The second-order valence-electron chi connectivity index (χ2n) is 7.49. The third-order valence-electron chi connectivity index (χ3n) is 5.58. The highest BCUT2D eigenvalue weighted by Crippen LogP contribution is 2.25. The van der Waals surface area contributed by atoms with Crippen LogP contribution in [0.2, 0.25) is 0 Å². The molecule has 0 spiro atoms. The Bertz CT molecular complexity index is 1240. The lowest BCUT2D eigenvalue weighted by Crippen LogP contribution is -2.35. The minimum atomic E-state index is -0.320. The van der Waals surface area contributed by atoms with E-state index in [4.69, 9.17) is 4.98 Å². The van der Waals surface area contributed by atoms with E-state index in [1.165, 1.54) is 4.68 Å². The molecule has 30 heavy (non-hydrogen) atoms. The molecule has 0 radical (unpaired) electrons. The van der Waals surface area contributed by atoms with E-state index >= 15 is 0 Å². The van der Waals surface area contributed by atoms with Crippen LogP contribution in [0.5, 0.6) is 0 Å². The average molecular weight is 403 g/mol. The van der Waals surface area contributed by atoms with Crippen molar-refractivity contribution in [1.29, 1.82) is 0 Å². The van der Waals surface area contributed by atoms with E-state index in [0.29, 0.717) is 23.1 Å². The molecule has 4 aromatic rings. The van der Waals surface area contributed by atoms with E-state index in [9.17, 15) is 9.59 Å². The number of rotatable bonds is 6. The number of benzene rings is 2. The Hall–Kier alpha value is -3.48. The largest absolute Gasteiger partial charge is 0.340 e. The van der Waals surface area contributed by atoms with Crippen LogP contribution in [0.4, 0.5) is 0 Å². The van der Waals surface area contributed by atoms with E-state index in [1.807, 2.05) is 37.3 Å². The van der Waals surface area contributed by atoms with Crippen LogP contribution in [0.1, 0.15) is 49.5 Å². The Morgan fingerprint density at radius 2 is 1.80 bits per heavy atom. The number of fused-ring (bicyclic) bond motifs is 2. The Kier molecular flexibility index (Phi) is 5.35. The number of carbonyl (C=O) groups is 1. The molecular formula is C23H25N5O2. The molecule has 4 rings (SSSR count). The number of aromatic amines is 1. The highest BCUT2D eigenvalue weighted by Gasteiger charge is 2.26. The number of hydrogen-bond acceptors (Lipinski definition) is 4. The number of H-pyrrole nitrogens is 1. The maximum atomic E-state index is 13.3. The van der Waals surface area contributed by atoms with E-state index in [0.717, 1.165) is 17.5 Å². The van der Waals surface area contributed by atoms with Crippen LogP contribution < -0.4 is 10.9 Å². The molecule has 2 aromatic heterocycles. The molecule has 0 saturated carbocycles. The molecule has 0 aliphatic carbocycles. The second kappa shape index (κ2) is 8.10. The van der Waals surface area contributed by atoms with E-state index in [-0.39, 0.29) is 29.1 Å². The number of nitrogens with zero attached hydrogens (tertiary/aromatic N) is 3. The molecular weight excluding hydrogens is 378 g/mol. The number of imidazole rings is 1. The maximum absolute atomic E-state index is 13.3. The van der Waals surface area contributed by atoms with Gasteiger partial charge in [-0.2, -0.15) is 5.10 Å². The normalized spacial score (nSPS) is 13.4. The first-order chi connectivity index (χ1) is 14.5. The van der Waals surface area contributed by atoms with Crippen molar-refractivity contribution in [2.75, 3.05) is 0 Å². The first-order valence-electron chi connectivity index (χ1n) is 10.3. The van der Waals surface area contributed by atoms with Crippen molar-refractivity contribution in [1.82, 2.24) is 25.1 Å². The monoisotopic (exact) mass is 403 g/mol. The van der Waals surface area contributed by atoms with Crippen LogP contribution in [-0.4, -0.2) is 25.7 Å². The number of amides is 1. The summed E-state index contributed by atoms with van der Waals surface area (Å²) < 4.78 is 1.33. The van der Waals surface area contributed by atoms with Gasteiger partial charge in [0.15, 0.2) is 5.69 Å². The molecule has 154 valence electrons. The van der Waals surface area contributed by atoms with Crippen LogP contribution in [0.15, 0.2) is 53.3 Å². The third kappa shape index (κ3) is 3.47. The molecule has 0 aliphatic rings. The first-order valence-corrected chi connectivity index (χ1v) is 10.3. The molecule has 0 bridgehead atoms. The van der Waals surface area contributed by atoms with Crippen molar-refractivity contribution in [2.24, 2.45) is 5.92 Å². The molecule has 1 amide bonds. The average Bonchev–Trinajstić information content (AvgIpc) is 3.21. The molecule has 0 aliphatic heterocycles. The molecule has 2 N–H and O–H groups in total. The molecule has 7 nitrogen and oxygen atoms in total. The summed E-state index contributed by atoms with van der Waals surface area (Å²) in [4.78, 5) is 33.9. The molecule has 2 aromatic carbocycles. The highest BCUT2D eigenvalue weighted by molar-refractivity contribution is 6.04. The summed E-state index contributed by atoms with van der Waals surface area (Å²) in [7, 11) is 0. The molecule has 7 heteroatoms. The SMILES string of the molecule is CCC(C)C(NC(=O)c1nn(CC)c(=O)c2ccccc12)c1nc2ccccc2[nH]1. The fourth-order valence-electron chi connectivity index (χ4n) is 3.66. The summed E-state index contributed by atoms with van der Waals surface area (Å²) in [6.45, 7) is 6.39. The van der Waals surface area contributed by atoms with Gasteiger partial charge in [0.1, 0.15) is 5.82 Å². The van der Waals surface area contributed by atoms with Crippen molar-refractivity contribution in [3.05, 3.63) is 70.4 Å². The second-order valence-corrected chi connectivity index (χ2v) is 7.49. The summed E-state index contributed by atoms with van der Waals surface area (Å²) >= 11 is 0. The third-order valence-corrected chi connectivity index (χ3v) is 5.58. The predicted molar refractivity (Wildman–Crippen MR) is 117 cm³/mol. The van der Waals surface area contributed by atoms with Crippen molar-refractivity contribution >= 4 is 27.7 Å². The van der Waals surface area contributed by atoms with Gasteiger partial charge in [0.25, 0.3) is 11.5 Å². The zero-order valence-corrected chi connectivity index (χ0v) is 17.3. The lowest BCUT2D eigenvalue weighted by atomic mass is 9.98. The van der Waals surface area contributed by atoms with Gasteiger partial charge in [-0.25, -0.2) is 9.67 Å². The topological polar surface area (TPSA) is 92.7 Å². The molecule has 2 unspecified atom stereocenters. The van der Waals surface area contributed by atoms with E-state index in [2.05, 4.69) is 29.2 Å². The standard InChI is InChI=1S/C23H25N5O2/c1-4-14(3)19(21-24-17-12-8-9-13-18(17)25-21)26-22(29)20-15-10-6-7-11-16(15)23(30)28(5-2)27-20/h6-14,19H,4-5H2,1-3H3,(H,24,25)(H,26,29). The number of aryl methyl sites for hydroxylation is 1. The summed E-state index contributed by atoms with van der Waals surface area (Å²) in [6, 6.07) is 14.6. The Labute approximate surface area is 174 Å². The van der Waals surface area contributed by atoms with Gasteiger partial charge in [-0.15, -0.1) is 0 Å². The lowest BCUT2D eigenvalue weighted by Gasteiger charge is -2.22. The minimum absolute atomic E-state index is 0.151. The van der Waals surface area contributed by atoms with Crippen LogP contribution in [0.3, 0.4) is 0 Å². The number of aromatic nitrogens is 4.